The van der Waals surface area contributed by atoms with Crippen molar-refractivity contribution >= 4 is 13.3 Å². The minimum atomic E-state index is 0.810. The standard InChI is InChI=1S/C20H29B/c21-20-14-12-19(13-15-20)18-10-8-17(9-11-18)7-6-16-4-2-1-3-5-16/h6-7,12-18H,1-5,8-11,21H2. The average molecular weight is 280 g/mol. The summed E-state index contributed by atoms with van der Waals surface area (Å²) in [5.41, 5.74) is 2.94. The van der Waals surface area contributed by atoms with Crippen LogP contribution in [0.1, 0.15) is 69.3 Å². The molecule has 112 valence electrons. The normalized spacial score (nSPS) is 28.0. The first kappa shape index (κ1) is 14.9. The lowest BCUT2D eigenvalue weighted by atomic mass is 9.77. The zero-order valence-corrected chi connectivity index (χ0v) is 13.6. The first-order valence-electron chi connectivity index (χ1n) is 9.06. The lowest BCUT2D eigenvalue weighted by molar-refractivity contribution is 0.370. The summed E-state index contributed by atoms with van der Waals surface area (Å²) < 4.78 is 0. The predicted octanol–water partition coefficient (Wildman–Crippen LogP) is 4.36. The van der Waals surface area contributed by atoms with Gasteiger partial charge in [0, 0.05) is 0 Å². The van der Waals surface area contributed by atoms with Crippen molar-refractivity contribution < 1.29 is 0 Å². The van der Waals surface area contributed by atoms with Crippen LogP contribution in [0.5, 0.6) is 0 Å². The highest BCUT2D eigenvalue weighted by Gasteiger charge is 2.21. The first-order chi connectivity index (χ1) is 10.3. The second kappa shape index (κ2) is 7.34. The zero-order chi connectivity index (χ0) is 14.5. The first-order valence-corrected chi connectivity index (χ1v) is 9.06. The van der Waals surface area contributed by atoms with Crippen molar-refractivity contribution in [3.05, 3.63) is 42.0 Å². The topological polar surface area (TPSA) is 0 Å². The average Bonchev–Trinajstić information content (AvgIpc) is 2.55. The molecule has 0 atom stereocenters. The van der Waals surface area contributed by atoms with Crippen molar-refractivity contribution in [2.24, 2.45) is 11.8 Å². The van der Waals surface area contributed by atoms with E-state index in [0.29, 0.717) is 0 Å². The Morgan fingerprint density at radius 2 is 1.29 bits per heavy atom. The minimum absolute atomic E-state index is 0.810. The fraction of sp³-hybridized carbons (Fsp3) is 0.600. The Kier molecular flexibility index (Phi) is 5.22. The van der Waals surface area contributed by atoms with E-state index in [1.807, 2.05) is 0 Å². The Morgan fingerprint density at radius 3 is 1.90 bits per heavy atom. The van der Waals surface area contributed by atoms with E-state index in [1.54, 1.807) is 5.56 Å². The molecular weight excluding hydrogens is 251 g/mol. The van der Waals surface area contributed by atoms with E-state index in [4.69, 9.17) is 0 Å². The second-order valence-electron chi connectivity index (χ2n) is 7.31. The molecule has 2 saturated carbocycles. The van der Waals surface area contributed by atoms with E-state index in [9.17, 15) is 0 Å². The molecule has 0 heterocycles. The molecule has 0 bridgehead atoms. The van der Waals surface area contributed by atoms with Gasteiger partial charge in [0.25, 0.3) is 0 Å². The Hall–Kier alpha value is -0.975. The number of benzene rings is 1. The molecule has 0 aromatic heterocycles. The maximum Gasteiger partial charge on any atom is 0.139 e. The van der Waals surface area contributed by atoms with Crippen molar-refractivity contribution in [2.45, 2.75) is 63.7 Å². The highest BCUT2D eigenvalue weighted by atomic mass is 14.3. The van der Waals surface area contributed by atoms with Gasteiger partial charge in [0.2, 0.25) is 0 Å². The van der Waals surface area contributed by atoms with Crippen molar-refractivity contribution in [3.8, 4) is 0 Å². The summed E-state index contributed by atoms with van der Waals surface area (Å²) in [4.78, 5) is 0. The second-order valence-corrected chi connectivity index (χ2v) is 7.31. The van der Waals surface area contributed by atoms with Crippen molar-refractivity contribution in [2.75, 3.05) is 0 Å². The van der Waals surface area contributed by atoms with Gasteiger partial charge in [-0.2, -0.15) is 0 Å². The SMILES string of the molecule is Bc1ccc(C2CCC(C=CC3CCCCC3)CC2)cc1. The van der Waals surface area contributed by atoms with Crippen LogP contribution in [0.3, 0.4) is 0 Å². The maximum absolute atomic E-state index is 2.57. The van der Waals surface area contributed by atoms with Crippen LogP contribution in [0.4, 0.5) is 0 Å². The van der Waals surface area contributed by atoms with Crippen LogP contribution in [0, 0.1) is 11.8 Å². The van der Waals surface area contributed by atoms with Gasteiger partial charge in [-0.1, -0.05) is 61.1 Å². The zero-order valence-electron chi connectivity index (χ0n) is 13.6. The lowest BCUT2D eigenvalue weighted by Crippen LogP contribution is -2.13. The van der Waals surface area contributed by atoms with Gasteiger partial charge in [-0.05, 0) is 61.8 Å². The van der Waals surface area contributed by atoms with Gasteiger partial charge in [0.15, 0.2) is 0 Å². The molecule has 21 heavy (non-hydrogen) atoms. The summed E-state index contributed by atoms with van der Waals surface area (Å²) in [6.07, 6.45) is 17.9. The van der Waals surface area contributed by atoms with Crippen LogP contribution in [0.25, 0.3) is 0 Å². The Morgan fingerprint density at radius 1 is 0.714 bits per heavy atom. The molecule has 3 rings (SSSR count). The number of hydrogen-bond donors (Lipinski definition) is 0. The third kappa shape index (κ3) is 4.25. The molecule has 0 amide bonds. The summed E-state index contributed by atoms with van der Waals surface area (Å²) in [5, 5.41) is 0. The summed E-state index contributed by atoms with van der Waals surface area (Å²) in [7, 11) is 2.18. The van der Waals surface area contributed by atoms with Crippen LogP contribution in [-0.4, -0.2) is 7.85 Å². The van der Waals surface area contributed by atoms with Crippen LogP contribution in [0.15, 0.2) is 36.4 Å². The van der Waals surface area contributed by atoms with E-state index < -0.39 is 0 Å². The summed E-state index contributed by atoms with van der Waals surface area (Å²) in [5.74, 6) is 2.56. The Labute approximate surface area is 131 Å². The van der Waals surface area contributed by atoms with E-state index >= 15 is 0 Å². The molecule has 0 aliphatic heterocycles. The van der Waals surface area contributed by atoms with Gasteiger partial charge < -0.3 is 0 Å². The molecular formula is C20H29B. The molecule has 2 fully saturated rings. The van der Waals surface area contributed by atoms with Crippen molar-refractivity contribution in [1.29, 1.82) is 0 Å². The lowest BCUT2D eigenvalue weighted by Gasteiger charge is -2.28. The molecule has 0 saturated heterocycles. The molecule has 1 aromatic rings. The van der Waals surface area contributed by atoms with Gasteiger partial charge in [0.1, 0.15) is 7.85 Å². The fourth-order valence-electron chi connectivity index (χ4n) is 4.12. The number of allylic oxidation sites excluding steroid dienone is 2. The third-order valence-electron chi connectivity index (χ3n) is 5.63. The number of rotatable bonds is 3. The third-order valence-corrected chi connectivity index (χ3v) is 5.63. The quantitative estimate of drug-likeness (QED) is 0.570. The van der Waals surface area contributed by atoms with Crippen LogP contribution in [-0.2, 0) is 0 Å². The predicted molar refractivity (Wildman–Crippen MR) is 95.0 cm³/mol. The largest absolute Gasteiger partial charge is 0.139 e. The minimum Gasteiger partial charge on any atom is -0.0889 e. The molecule has 1 heteroatoms. The van der Waals surface area contributed by atoms with Crippen LogP contribution >= 0.6 is 0 Å². The van der Waals surface area contributed by atoms with Crippen LogP contribution in [0.2, 0.25) is 0 Å². The highest BCUT2D eigenvalue weighted by Crippen LogP contribution is 2.36. The number of hydrogen-bond acceptors (Lipinski definition) is 0. The van der Waals surface area contributed by atoms with Gasteiger partial charge in [-0.15, -0.1) is 0 Å². The Bertz CT molecular complexity index is 445. The van der Waals surface area contributed by atoms with Crippen LogP contribution < -0.4 is 5.46 Å². The molecule has 0 nitrogen and oxygen atoms in total. The van der Waals surface area contributed by atoms with Gasteiger partial charge >= 0.3 is 0 Å². The highest BCUT2D eigenvalue weighted by molar-refractivity contribution is 6.32. The molecule has 0 radical (unpaired) electrons. The monoisotopic (exact) mass is 280 g/mol. The molecule has 0 unspecified atom stereocenters. The van der Waals surface area contributed by atoms with E-state index in [2.05, 4.69) is 44.3 Å². The van der Waals surface area contributed by atoms with E-state index in [0.717, 1.165) is 17.8 Å². The van der Waals surface area contributed by atoms with Gasteiger partial charge in [-0.3, -0.25) is 0 Å². The van der Waals surface area contributed by atoms with E-state index in [1.165, 1.54) is 63.3 Å². The van der Waals surface area contributed by atoms with E-state index in [-0.39, 0.29) is 0 Å². The molecule has 1 aromatic carbocycles. The smallest absolute Gasteiger partial charge is 0.0889 e. The van der Waals surface area contributed by atoms with Gasteiger partial charge in [-0.25, -0.2) is 0 Å². The Balaban J connectivity index is 1.48. The van der Waals surface area contributed by atoms with Crippen molar-refractivity contribution in [1.82, 2.24) is 0 Å². The van der Waals surface area contributed by atoms with Crippen molar-refractivity contribution in [3.63, 3.8) is 0 Å². The summed E-state index contributed by atoms with van der Waals surface area (Å²) in [6.45, 7) is 0. The molecule has 2 aliphatic rings. The molecule has 0 N–H and O–H groups in total. The summed E-state index contributed by atoms with van der Waals surface area (Å²) >= 11 is 0. The molecule has 2 aliphatic carbocycles. The molecule has 0 spiro atoms. The maximum atomic E-state index is 2.57. The van der Waals surface area contributed by atoms with Gasteiger partial charge in [0.05, 0.1) is 0 Å². The summed E-state index contributed by atoms with van der Waals surface area (Å²) in [6, 6.07) is 9.23. The fourth-order valence-corrected chi connectivity index (χ4v) is 4.12.